The van der Waals surface area contributed by atoms with Gasteiger partial charge in [0.25, 0.3) is 0 Å². The highest BCUT2D eigenvalue weighted by molar-refractivity contribution is 9.10. The van der Waals surface area contributed by atoms with E-state index >= 15 is 0 Å². The summed E-state index contributed by atoms with van der Waals surface area (Å²) >= 11 is 3.61. The van der Waals surface area contributed by atoms with Gasteiger partial charge in [-0.1, -0.05) is 12.1 Å². The molecule has 2 aliphatic carbocycles. The molecule has 7 heteroatoms. The summed E-state index contributed by atoms with van der Waals surface area (Å²) in [5.74, 6) is 0.485. The predicted octanol–water partition coefficient (Wildman–Crippen LogP) is 5.88. The minimum atomic E-state index is -0.414. The van der Waals surface area contributed by atoms with Crippen LogP contribution in [-0.2, 0) is 16.2 Å². The smallest absolute Gasteiger partial charge is 0.175 e. The lowest BCUT2D eigenvalue weighted by Gasteiger charge is -2.37. The van der Waals surface area contributed by atoms with Crippen molar-refractivity contribution >= 4 is 27.5 Å². The highest BCUT2D eigenvalue weighted by Gasteiger charge is 2.40. The summed E-state index contributed by atoms with van der Waals surface area (Å²) in [5, 5.41) is 3.44. The SMILES string of the molecule is COc1cc(C2C3=C(CCCC3=O)NC3=C2C(=O)CCC3)cc(Br)c1OCc1ccc(F)cc1. The summed E-state index contributed by atoms with van der Waals surface area (Å²) in [5.41, 5.74) is 4.94. The summed E-state index contributed by atoms with van der Waals surface area (Å²) in [6.07, 6.45) is 4.23. The van der Waals surface area contributed by atoms with Crippen LogP contribution in [0.2, 0.25) is 0 Å². The number of allylic oxidation sites excluding steroid dienone is 4. The van der Waals surface area contributed by atoms with Crippen LogP contribution in [0.25, 0.3) is 0 Å². The van der Waals surface area contributed by atoms with Crippen molar-refractivity contribution < 1.29 is 23.5 Å². The average Bonchev–Trinajstić information content (AvgIpc) is 2.83. The van der Waals surface area contributed by atoms with Crippen molar-refractivity contribution in [3.05, 3.63) is 80.4 Å². The number of nitrogens with one attached hydrogen (secondary N) is 1. The lowest BCUT2D eigenvalue weighted by Crippen LogP contribution is -2.36. The zero-order chi connectivity index (χ0) is 23.8. The van der Waals surface area contributed by atoms with Crippen LogP contribution >= 0.6 is 15.9 Å². The van der Waals surface area contributed by atoms with Crippen molar-refractivity contribution in [3.8, 4) is 11.5 Å². The highest BCUT2D eigenvalue weighted by Crippen LogP contribution is 2.48. The Morgan fingerprint density at radius 2 is 1.59 bits per heavy atom. The Hall–Kier alpha value is -2.93. The highest BCUT2D eigenvalue weighted by atomic mass is 79.9. The van der Waals surface area contributed by atoms with E-state index in [1.165, 1.54) is 12.1 Å². The maximum Gasteiger partial charge on any atom is 0.175 e. The lowest BCUT2D eigenvalue weighted by atomic mass is 9.71. The fourth-order valence-electron chi connectivity index (χ4n) is 5.10. The molecule has 34 heavy (non-hydrogen) atoms. The second-order valence-electron chi connectivity index (χ2n) is 8.85. The molecule has 1 N–H and O–H groups in total. The number of ether oxygens (including phenoxy) is 2. The number of ketones is 2. The fraction of sp³-hybridized carbons (Fsp3) is 0.333. The minimum Gasteiger partial charge on any atom is -0.493 e. The molecule has 0 amide bonds. The molecule has 0 bridgehead atoms. The van der Waals surface area contributed by atoms with E-state index < -0.39 is 5.92 Å². The number of hydrogen-bond donors (Lipinski definition) is 1. The standard InChI is InChI=1S/C27H25BrFNO4/c1-33-23-13-16(12-18(28)27(23)34-14-15-8-10-17(29)11-9-15)24-25-19(4-2-6-21(25)31)30-20-5-3-7-22(32)26(20)24/h8-13,24,30H,2-7,14H2,1H3. The first kappa shape index (κ1) is 22.8. The molecule has 1 heterocycles. The van der Waals surface area contributed by atoms with E-state index in [0.717, 1.165) is 48.2 Å². The number of hydrogen-bond acceptors (Lipinski definition) is 5. The molecule has 0 atom stereocenters. The molecule has 176 valence electrons. The second-order valence-corrected chi connectivity index (χ2v) is 9.70. The number of halogens is 2. The molecule has 3 aliphatic rings. The molecule has 2 aromatic rings. The van der Waals surface area contributed by atoms with E-state index in [0.29, 0.717) is 40.0 Å². The van der Waals surface area contributed by atoms with Crippen molar-refractivity contribution in [3.63, 3.8) is 0 Å². The first-order valence-corrected chi connectivity index (χ1v) is 12.3. The van der Waals surface area contributed by atoms with Gasteiger partial charge in [-0.2, -0.15) is 0 Å². The van der Waals surface area contributed by atoms with Gasteiger partial charge in [0, 0.05) is 41.3 Å². The number of rotatable bonds is 5. The van der Waals surface area contributed by atoms with Crippen LogP contribution in [0.4, 0.5) is 4.39 Å². The Balaban J connectivity index is 1.55. The Labute approximate surface area is 206 Å². The molecule has 5 nitrogen and oxygen atoms in total. The molecule has 0 unspecified atom stereocenters. The van der Waals surface area contributed by atoms with Gasteiger partial charge in [-0.3, -0.25) is 9.59 Å². The second kappa shape index (κ2) is 9.37. The number of Topliss-reactive ketones (excluding diaryl/α,β-unsaturated/α-hetero) is 2. The largest absolute Gasteiger partial charge is 0.493 e. The van der Waals surface area contributed by atoms with Gasteiger partial charge >= 0.3 is 0 Å². The zero-order valence-electron chi connectivity index (χ0n) is 18.9. The van der Waals surface area contributed by atoms with Crippen LogP contribution in [-0.4, -0.2) is 18.7 Å². The zero-order valence-corrected chi connectivity index (χ0v) is 20.5. The van der Waals surface area contributed by atoms with E-state index in [9.17, 15) is 14.0 Å². The number of benzene rings is 2. The quantitative estimate of drug-likeness (QED) is 0.528. The Morgan fingerprint density at radius 3 is 2.18 bits per heavy atom. The summed E-state index contributed by atoms with van der Waals surface area (Å²) < 4.78 is 25.6. The van der Waals surface area contributed by atoms with Gasteiger partial charge in [0.2, 0.25) is 0 Å². The van der Waals surface area contributed by atoms with E-state index in [-0.39, 0.29) is 24.0 Å². The average molecular weight is 526 g/mol. The van der Waals surface area contributed by atoms with Gasteiger partial charge in [-0.15, -0.1) is 0 Å². The van der Waals surface area contributed by atoms with Gasteiger partial charge in [-0.05, 0) is 77.0 Å². The number of carbonyl (C=O) groups excluding carboxylic acids is 2. The number of methoxy groups -OCH3 is 1. The van der Waals surface area contributed by atoms with E-state index in [4.69, 9.17) is 9.47 Å². The van der Waals surface area contributed by atoms with Gasteiger partial charge in [0.15, 0.2) is 23.1 Å². The molecule has 0 fully saturated rings. The van der Waals surface area contributed by atoms with Crippen LogP contribution < -0.4 is 14.8 Å². The molecule has 0 radical (unpaired) electrons. The van der Waals surface area contributed by atoms with Crippen molar-refractivity contribution in [2.24, 2.45) is 0 Å². The molecular weight excluding hydrogens is 501 g/mol. The van der Waals surface area contributed by atoms with Gasteiger partial charge in [0.1, 0.15) is 12.4 Å². The Bertz CT molecular complexity index is 1190. The van der Waals surface area contributed by atoms with Gasteiger partial charge < -0.3 is 14.8 Å². The summed E-state index contributed by atoms with van der Waals surface area (Å²) in [7, 11) is 1.56. The summed E-state index contributed by atoms with van der Waals surface area (Å²) in [6, 6.07) is 9.90. The predicted molar refractivity (Wildman–Crippen MR) is 129 cm³/mol. The topological polar surface area (TPSA) is 64.6 Å². The molecular formula is C27H25BrFNO4. The third-order valence-electron chi connectivity index (χ3n) is 6.67. The van der Waals surface area contributed by atoms with E-state index in [1.54, 1.807) is 19.2 Å². The van der Waals surface area contributed by atoms with Crippen molar-refractivity contribution in [1.29, 1.82) is 0 Å². The van der Waals surface area contributed by atoms with Crippen LogP contribution in [0.3, 0.4) is 0 Å². The molecule has 1 aliphatic heterocycles. The minimum absolute atomic E-state index is 0.0930. The third-order valence-corrected chi connectivity index (χ3v) is 7.26. The molecule has 0 spiro atoms. The van der Waals surface area contributed by atoms with Gasteiger partial charge in [0.05, 0.1) is 11.6 Å². The molecule has 5 rings (SSSR count). The normalized spacial score (nSPS) is 18.4. The Kier molecular flexibility index (Phi) is 6.30. The number of dihydropyridines is 1. The summed E-state index contributed by atoms with van der Waals surface area (Å²) in [6.45, 7) is 0.240. The van der Waals surface area contributed by atoms with Crippen molar-refractivity contribution in [1.82, 2.24) is 5.32 Å². The van der Waals surface area contributed by atoms with Crippen LogP contribution in [0.5, 0.6) is 11.5 Å². The van der Waals surface area contributed by atoms with Gasteiger partial charge in [-0.25, -0.2) is 4.39 Å². The van der Waals surface area contributed by atoms with Crippen LogP contribution in [0.15, 0.2) is 63.4 Å². The molecule has 2 aromatic carbocycles. The molecule has 0 aromatic heterocycles. The van der Waals surface area contributed by atoms with Crippen molar-refractivity contribution in [2.75, 3.05) is 7.11 Å². The monoisotopic (exact) mass is 525 g/mol. The first-order chi connectivity index (χ1) is 16.5. The van der Waals surface area contributed by atoms with Crippen molar-refractivity contribution in [2.45, 2.75) is 51.0 Å². The van der Waals surface area contributed by atoms with Crippen LogP contribution in [0, 0.1) is 5.82 Å². The number of carbonyl (C=O) groups is 2. The molecule has 0 saturated heterocycles. The summed E-state index contributed by atoms with van der Waals surface area (Å²) in [4.78, 5) is 26.1. The first-order valence-electron chi connectivity index (χ1n) is 11.5. The molecule has 0 saturated carbocycles. The van der Waals surface area contributed by atoms with Crippen LogP contribution in [0.1, 0.15) is 55.6 Å². The maximum atomic E-state index is 13.2. The van der Waals surface area contributed by atoms with E-state index in [1.807, 2.05) is 12.1 Å². The maximum absolute atomic E-state index is 13.2. The lowest BCUT2D eigenvalue weighted by molar-refractivity contribution is -0.116. The Morgan fingerprint density at radius 1 is 0.971 bits per heavy atom. The fourth-order valence-corrected chi connectivity index (χ4v) is 5.67. The van der Waals surface area contributed by atoms with E-state index in [2.05, 4.69) is 21.2 Å². The third kappa shape index (κ3) is 4.17.